The molecule has 3 aromatic rings. The Bertz CT molecular complexity index is 1350. The molecule has 1 unspecified atom stereocenters. The van der Waals surface area contributed by atoms with E-state index in [1.54, 1.807) is 54.6 Å². The summed E-state index contributed by atoms with van der Waals surface area (Å²) in [5.74, 6) is -2.23. The van der Waals surface area contributed by atoms with Gasteiger partial charge in [0, 0.05) is 29.5 Å². The molecule has 8 heteroatoms. The Morgan fingerprint density at radius 3 is 2.23 bits per heavy atom. The van der Waals surface area contributed by atoms with E-state index in [1.165, 1.54) is 20.8 Å². The molecule has 0 saturated carbocycles. The highest BCUT2D eigenvalue weighted by Gasteiger charge is 2.38. The van der Waals surface area contributed by atoms with E-state index in [4.69, 9.17) is 21.1 Å². The van der Waals surface area contributed by atoms with Gasteiger partial charge in [0.25, 0.3) is 5.91 Å². The van der Waals surface area contributed by atoms with E-state index in [9.17, 15) is 19.6 Å². The van der Waals surface area contributed by atoms with Gasteiger partial charge in [-0.2, -0.15) is 5.26 Å². The van der Waals surface area contributed by atoms with Gasteiger partial charge in [-0.25, -0.2) is 4.79 Å². The average Bonchev–Trinajstić information content (AvgIpc) is 2.91. The van der Waals surface area contributed by atoms with E-state index < -0.39 is 35.6 Å². The van der Waals surface area contributed by atoms with Crippen LogP contribution in [0.4, 0.5) is 0 Å². The maximum Gasteiger partial charge on any atom is 0.353 e. The number of amides is 1. The lowest BCUT2D eigenvalue weighted by Gasteiger charge is -2.31. The van der Waals surface area contributed by atoms with Gasteiger partial charge in [0.15, 0.2) is 5.60 Å². The third-order valence-electron chi connectivity index (χ3n) is 6.28. The van der Waals surface area contributed by atoms with Crippen LogP contribution in [0.25, 0.3) is 0 Å². The van der Waals surface area contributed by atoms with Crippen LogP contribution in [-0.4, -0.2) is 29.5 Å². The van der Waals surface area contributed by atoms with Crippen molar-refractivity contribution >= 4 is 29.4 Å². The van der Waals surface area contributed by atoms with Crippen molar-refractivity contribution in [3.63, 3.8) is 0 Å². The van der Waals surface area contributed by atoms with Crippen molar-refractivity contribution in [3.05, 3.63) is 106 Å². The summed E-state index contributed by atoms with van der Waals surface area (Å²) in [6.45, 7) is 6.02. The number of esters is 2. The Kier molecular flexibility index (Phi) is 9.86. The summed E-state index contributed by atoms with van der Waals surface area (Å²) in [5.41, 5.74) is 1.26. The van der Waals surface area contributed by atoms with Crippen LogP contribution >= 0.6 is 11.6 Å². The number of rotatable bonds is 10. The van der Waals surface area contributed by atoms with Crippen LogP contribution in [0, 0.1) is 11.3 Å². The van der Waals surface area contributed by atoms with Gasteiger partial charge >= 0.3 is 11.9 Å². The number of nitrogens with zero attached hydrogens (tertiary/aromatic N) is 1. The number of hydrogen-bond acceptors (Lipinski definition) is 6. The van der Waals surface area contributed by atoms with Crippen LogP contribution < -0.4 is 5.32 Å². The number of benzene rings is 3. The van der Waals surface area contributed by atoms with Crippen molar-refractivity contribution in [1.29, 1.82) is 5.26 Å². The minimum atomic E-state index is -1.57. The van der Waals surface area contributed by atoms with Crippen molar-refractivity contribution in [1.82, 2.24) is 5.32 Å². The number of halogens is 1. The van der Waals surface area contributed by atoms with Gasteiger partial charge in [0.1, 0.15) is 0 Å². The average molecular weight is 547 g/mol. The topological polar surface area (TPSA) is 105 Å². The zero-order chi connectivity index (χ0) is 28.6. The van der Waals surface area contributed by atoms with Crippen molar-refractivity contribution in [2.75, 3.05) is 0 Å². The van der Waals surface area contributed by atoms with Crippen molar-refractivity contribution in [3.8, 4) is 6.07 Å². The van der Waals surface area contributed by atoms with Crippen LogP contribution in [0.1, 0.15) is 62.0 Å². The van der Waals surface area contributed by atoms with Crippen molar-refractivity contribution in [2.24, 2.45) is 0 Å². The summed E-state index contributed by atoms with van der Waals surface area (Å²) < 4.78 is 10.8. The van der Waals surface area contributed by atoms with Gasteiger partial charge in [-0.1, -0.05) is 66.2 Å². The summed E-state index contributed by atoms with van der Waals surface area (Å²) in [7, 11) is 0. The highest BCUT2D eigenvalue weighted by molar-refractivity contribution is 6.30. The van der Waals surface area contributed by atoms with Crippen molar-refractivity contribution in [2.45, 2.75) is 57.8 Å². The molecule has 3 atom stereocenters. The summed E-state index contributed by atoms with van der Waals surface area (Å²) in [4.78, 5) is 38.1. The second kappa shape index (κ2) is 13.1. The van der Waals surface area contributed by atoms with Crippen LogP contribution in [0.15, 0.2) is 78.9 Å². The Morgan fingerprint density at radius 1 is 0.974 bits per heavy atom. The van der Waals surface area contributed by atoms with E-state index in [1.807, 2.05) is 31.2 Å². The molecule has 0 aliphatic heterocycles. The molecule has 202 valence electrons. The quantitative estimate of drug-likeness (QED) is 0.328. The first-order valence-corrected chi connectivity index (χ1v) is 12.9. The Morgan fingerprint density at radius 2 is 1.62 bits per heavy atom. The lowest BCUT2D eigenvalue weighted by molar-refractivity contribution is -0.180. The molecule has 0 aromatic heterocycles. The zero-order valence-corrected chi connectivity index (χ0v) is 23.1. The largest absolute Gasteiger partial charge is 0.447 e. The third-order valence-corrected chi connectivity index (χ3v) is 6.53. The van der Waals surface area contributed by atoms with Gasteiger partial charge in [-0.3, -0.25) is 9.59 Å². The van der Waals surface area contributed by atoms with Crippen LogP contribution in [-0.2, 0) is 30.3 Å². The van der Waals surface area contributed by atoms with E-state index in [-0.39, 0.29) is 5.92 Å². The lowest BCUT2D eigenvalue weighted by Crippen LogP contribution is -2.50. The summed E-state index contributed by atoms with van der Waals surface area (Å²) in [6, 6.07) is 24.9. The van der Waals surface area contributed by atoms with Crippen molar-refractivity contribution < 1.29 is 23.9 Å². The Hall–Kier alpha value is -4.15. The number of hydrogen-bond donors (Lipinski definition) is 1. The van der Waals surface area contributed by atoms with Gasteiger partial charge in [-0.15, -0.1) is 0 Å². The van der Waals surface area contributed by atoms with E-state index in [2.05, 4.69) is 11.4 Å². The maximum absolute atomic E-state index is 13.4. The van der Waals surface area contributed by atoms with E-state index in [0.29, 0.717) is 22.6 Å². The lowest BCUT2D eigenvalue weighted by atomic mass is 9.85. The predicted molar refractivity (Wildman–Crippen MR) is 148 cm³/mol. The number of carbonyl (C=O) groups is 3. The molecule has 0 spiro atoms. The Balaban J connectivity index is 1.80. The standard InChI is InChI=1S/C31H31ClN2O5/c1-20(27(18-22-13-15-26(32)16-14-22)25-12-8-9-23(17-25)19-33)34-30(37)31(3,4)39-29(36)28(38-21(2)35)24-10-6-5-7-11-24/h5-17,20,27-28H,18H2,1-4H3,(H,34,37)/t20-,27+,28?/m0/s1. The highest BCUT2D eigenvalue weighted by Crippen LogP contribution is 2.28. The fraction of sp³-hybridized carbons (Fsp3) is 0.290. The second-order valence-electron chi connectivity index (χ2n) is 9.77. The van der Waals surface area contributed by atoms with E-state index >= 15 is 0 Å². The molecule has 3 aromatic carbocycles. The number of carbonyl (C=O) groups excluding carboxylic acids is 3. The molecule has 3 rings (SSSR count). The maximum atomic E-state index is 13.4. The summed E-state index contributed by atoms with van der Waals surface area (Å²) >= 11 is 6.05. The normalized spacial score (nSPS) is 13.3. The fourth-order valence-corrected chi connectivity index (χ4v) is 4.30. The number of nitriles is 1. The molecular formula is C31H31ClN2O5. The van der Waals surface area contributed by atoms with E-state index in [0.717, 1.165) is 11.1 Å². The van der Waals surface area contributed by atoms with Gasteiger partial charge in [-0.05, 0) is 62.6 Å². The monoisotopic (exact) mass is 546 g/mol. The fourth-order valence-electron chi connectivity index (χ4n) is 4.18. The van der Waals surface area contributed by atoms with Gasteiger partial charge < -0.3 is 14.8 Å². The first-order valence-electron chi connectivity index (χ1n) is 12.5. The Labute approximate surface area is 233 Å². The SMILES string of the molecule is CC(=O)OC(C(=O)OC(C)(C)C(=O)N[C@@H](C)[C@@H](Cc1ccc(Cl)cc1)c1cccc(C#N)c1)c1ccccc1. The zero-order valence-electron chi connectivity index (χ0n) is 22.3. The minimum absolute atomic E-state index is 0.201. The smallest absolute Gasteiger partial charge is 0.353 e. The summed E-state index contributed by atoms with van der Waals surface area (Å²) in [5, 5.41) is 13.0. The molecule has 39 heavy (non-hydrogen) atoms. The highest BCUT2D eigenvalue weighted by atomic mass is 35.5. The van der Waals surface area contributed by atoms with Crippen LogP contribution in [0.5, 0.6) is 0 Å². The van der Waals surface area contributed by atoms with Crippen LogP contribution in [0.2, 0.25) is 5.02 Å². The van der Waals surface area contributed by atoms with Gasteiger partial charge in [0.05, 0.1) is 11.6 Å². The molecule has 0 fully saturated rings. The molecule has 0 aliphatic rings. The molecule has 1 N–H and O–H groups in total. The van der Waals surface area contributed by atoms with Crippen LogP contribution in [0.3, 0.4) is 0 Å². The van der Waals surface area contributed by atoms with Gasteiger partial charge in [0.2, 0.25) is 6.10 Å². The molecular weight excluding hydrogens is 516 g/mol. The second-order valence-corrected chi connectivity index (χ2v) is 10.2. The molecule has 0 radical (unpaired) electrons. The number of ether oxygens (including phenoxy) is 2. The molecule has 0 saturated heterocycles. The molecule has 0 heterocycles. The molecule has 7 nitrogen and oxygen atoms in total. The minimum Gasteiger partial charge on any atom is -0.447 e. The molecule has 0 aliphatic carbocycles. The first kappa shape index (κ1) is 29.4. The first-order chi connectivity index (χ1) is 18.5. The predicted octanol–water partition coefficient (Wildman–Crippen LogP) is 5.67. The third kappa shape index (κ3) is 8.17. The molecule has 0 bridgehead atoms. The number of nitrogens with one attached hydrogen (secondary N) is 1. The summed E-state index contributed by atoms with van der Waals surface area (Å²) in [6.07, 6.45) is -0.740. The molecule has 1 amide bonds.